The number of halogens is 3. The summed E-state index contributed by atoms with van der Waals surface area (Å²) in [5, 5.41) is 11.1. The molecule has 0 radical (unpaired) electrons. The van der Waals surface area contributed by atoms with Crippen molar-refractivity contribution < 1.29 is 22.7 Å². The van der Waals surface area contributed by atoms with Crippen LogP contribution in [0.3, 0.4) is 0 Å². The van der Waals surface area contributed by atoms with E-state index in [1.165, 1.54) is 19.2 Å². The molecule has 2 heterocycles. The van der Waals surface area contributed by atoms with Crippen LogP contribution in [0, 0.1) is 0 Å². The van der Waals surface area contributed by atoms with Crippen molar-refractivity contribution in [2.24, 2.45) is 0 Å². The SMILES string of the molecule is CCC(NC(=O)c1ccc(OC)nn1)c1nc(C(F)(F)F)cs1. The Morgan fingerprint density at radius 3 is 2.61 bits per heavy atom. The first-order chi connectivity index (χ1) is 10.8. The van der Waals surface area contributed by atoms with Crippen LogP contribution < -0.4 is 10.1 Å². The molecule has 1 atom stereocenters. The van der Waals surface area contributed by atoms with Crippen LogP contribution in [0.15, 0.2) is 17.5 Å². The molecule has 0 fully saturated rings. The fourth-order valence-electron chi connectivity index (χ4n) is 1.70. The van der Waals surface area contributed by atoms with Gasteiger partial charge < -0.3 is 10.1 Å². The van der Waals surface area contributed by atoms with Gasteiger partial charge in [-0.1, -0.05) is 6.92 Å². The minimum atomic E-state index is -4.50. The van der Waals surface area contributed by atoms with Gasteiger partial charge in [-0.05, 0) is 12.5 Å². The van der Waals surface area contributed by atoms with Gasteiger partial charge in [0, 0.05) is 11.4 Å². The average Bonchev–Trinajstić information content (AvgIpc) is 3.02. The lowest BCUT2D eigenvalue weighted by atomic mass is 10.2. The quantitative estimate of drug-likeness (QED) is 0.901. The molecule has 2 aromatic rings. The summed E-state index contributed by atoms with van der Waals surface area (Å²) in [4.78, 5) is 15.6. The Bertz CT molecular complexity index is 673. The molecule has 1 amide bonds. The van der Waals surface area contributed by atoms with Crippen molar-refractivity contribution in [2.75, 3.05) is 7.11 Å². The molecule has 1 N–H and O–H groups in total. The lowest BCUT2D eigenvalue weighted by Crippen LogP contribution is -2.29. The Hall–Kier alpha value is -2.23. The van der Waals surface area contributed by atoms with Crippen LogP contribution in [-0.4, -0.2) is 28.2 Å². The molecule has 124 valence electrons. The maximum Gasteiger partial charge on any atom is 0.434 e. The van der Waals surface area contributed by atoms with Crippen LogP contribution in [0.4, 0.5) is 13.2 Å². The molecule has 0 bridgehead atoms. The van der Waals surface area contributed by atoms with E-state index in [1.807, 2.05) is 0 Å². The monoisotopic (exact) mass is 346 g/mol. The highest BCUT2D eigenvalue weighted by Crippen LogP contribution is 2.32. The van der Waals surface area contributed by atoms with Gasteiger partial charge in [0.15, 0.2) is 11.4 Å². The molecule has 0 saturated heterocycles. The fraction of sp³-hybridized carbons (Fsp3) is 0.385. The van der Waals surface area contributed by atoms with Crippen molar-refractivity contribution in [1.82, 2.24) is 20.5 Å². The topological polar surface area (TPSA) is 77.0 Å². The molecule has 0 aliphatic carbocycles. The van der Waals surface area contributed by atoms with Gasteiger partial charge in [0.05, 0.1) is 13.2 Å². The van der Waals surface area contributed by atoms with E-state index >= 15 is 0 Å². The lowest BCUT2D eigenvalue weighted by molar-refractivity contribution is -0.140. The van der Waals surface area contributed by atoms with Crippen molar-refractivity contribution >= 4 is 17.2 Å². The van der Waals surface area contributed by atoms with E-state index < -0.39 is 23.8 Å². The fourth-order valence-corrected chi connectivity index (χ4v) is 2.66. The number of ether oxygens (including phenoxy) is 1. The zero-order valence-electron chi connectivity index (χ0n) is 12.2. The minimum absolute atomic E-state index is 0.0388. The number of methoxy groups -OCH3 is 1. The standard InChI is InChI=1S/C13H13F3N4O2S/c1-3-7(12-18-9(6-23-12)13(14,15)16)17-11(21)8-4-5-10(22-2)20-19-8/h4-7H,3H2,1-2H3,(H,17,21). The number of amides is 1. The first-order valence-corrected chi connectivity index (χ1v) is 7.44. The van der Waals surface area contributed by atoms with Crippen LogP contribution in [0.1, 0.15) is 40.6 Å². The second kappa shape index (κ2) is 6.90. The van der Waals surface area contributed by atoms with E-state index in [0.29, 0.717) is 6.42 Å². The summed E-state index contributed by atoms with van der Waals surface area (Å²) in [6.45, 7) is 1.74. The maximum absolute atomic E-state index is 12.6. The number of carbonyl (C=O) groups excluding carboxylic acids is 1. The van der Waals surface area contributed by atoms with Gasteiger partial charge >= 0.3 is 6.18 Å². The van der Waals surface area contributed by atoms with Gasteiger partial charge in [0.1, 0.15) is 5.01 Å². The number of hydrogen-bond donors (Lipinski definition) is 1. The summed E-state index contributed by atoms with van der Waals surface area (Å²) in [6.07, 6.45) is -4.11. The Kier molecular flexibility index (Phi) is 5.14. The molecule has 0 aromatic carbocycles. The Morgan fingerprint density at radius 1 is 1.39 bits per heavy atom. The summed E-state index contributed by atoms with van der Waals surface area (Å²) in [7, 11) is 1.41. The van der Waals surface area contributed by atoms with Crippen LogP contribution in [0.5, 0.6) is 5.88 Å². The van der Waals surface area contributed by atoms with Gasteiger partial charge in [0.25, 0.3) is 5.91 Å². The predicted octanol–water partition coefficient (Wildman–Crippen LogP) is 2.84. The van der Waals surface area contributed by atoms with E-state index in [0.717, 1.165) is 16.7 Å². The summed E-state index contributed by atoms with van der Waals surface area (Å²) in [5.74, 6) is -0.293. The Morgan fingerprint density at radius 2 is 2.13 bits per heavy atom. The van der Waals surface area contributed by atoms with Crippen molar-refractivity contribution in [3.05, 3.63) is 33.9 Å². The molecular formula is C13H13F3N4O2S. The normalized spacial score (nSPS) is 12.7. The predicted molar refractivity (Wildman–Crippen MR) is 76.2 cm³/mol. The zero-order valence-corrected chi connectivity index (χ0v) is 13.0. The molecule has 23 heavy (non-hydrogen) atoms. The van der Waals surface area contributed by atoms with E-state index in [-0.39, 0.29) is 16.6 Å². The largest absolute Gasteiger partial charge is 0.480 e. The summed E-state index contributed by atoms with van der Waals surface area (Å²) < 4.78 is 42.6. The number of carbonyl (C=O) groups is 1. The molecule has 6 nitrogen and oxygen atoms in total. The number of alkyl halides is 3. The Labute approximate surface area is 133 Å². The third-order valence-electron chi connectivity index (χ3n) is 2.91. The highest BCUT2D eigenvalue weighted by Gasteiger charge is 2.34. The van der Waals surface area contributed by atoms with Crippen molar-refractivity contribution in [2.45, 2.75) is 25.6 Å². The summed E-state index contributed by atoms with van der Waals surface area (Å²) in [6, 6.07) is 2.25. The maximum atomic E-state index is 12.6. The van der Waals surface area contributed by atoms with Gasteiger partial charge in [0.2, 0.25) is 5.88 Å². The van der Waals surface area contributed by atoms with Crippen LogP contribution in [0.2, 0.25) is 0 Å². The third-order valence-corrected chi connectivity index (χ3v) is 3.86. The lowest BCUT2D eigenvalue weighted by Gasteiger charge is -2.14. The first-order valence-electron chi connectivity index (χ1n) is 6.56. The molecule has 1 unspecified atom stereocenters. The number of nitrogens with zero attached hydrogens (tertiary/aromatic N) is 3. The van der Waals surface area contributed by atoms with Crippen molar-refractivity contribution in [3.8, 4) is 5.88 Å². The molecule has 0 aliphatic heterocycles. The van der Waals surface area contributed by atoms with E-state index in [4.69, 9.17) is 4.74 Å². The van der Waals surface area contributed by atoms with Crippen LogP contribution in [-0.2, 0) is 6.18 Å². The van der Waals surface area contributed by atoms with Gasteiger partial charge in [-0.15, -0.1) is 21.5 Å². The molecule has 10 heteroatoms. The number of rotatable bonds is 5. The number of hydrogen-bond acceptors (Lipinski definition) is 6. The molecule has 0 spiro atoms. The van der Waals surface area contributed by atoms with Crippen LogP contribution >= 0.6 is 11.3 Å². The third kappa shape index (κ3) is 4.15. The first kappa shape index (κ1) is 17.1. The second-order valence-corrected chi connectivity index (χ2v) is 5.35. The summed E-state index contributed by atoms with van der Waals surface area (Å²) >= 11 is 0.850. The number of nitrogens with one attached hydrogen (secondary N) is 1. The Balaban J connectivity index is 2.12. The number of thiazole rings is 1. The number of aromatic nitrogens is 3. The molecule has 0 saturated carbocycles. The second-order valence-electron chi connectivity index (χ2n) is 4.46. The molecule has 0 aliphatic rings. The highest BCUT2D eigenvalue weighted by molar-refractivity contribution is 7.09. The minimum Gasteiger partial charge on any atom is -0.480 e. The highest BCUT2D eigenvalue weighted by atomic mass is 32.1. The molecule has 2 aromatic heterocycles. The van der Waals surface area contributed by atoms with Crippen LogP contribution in [0.25, 0.3) is 0 Å². The smallest absolute Gasteiger partial charge is 0.434 e. The van der Waals surface area contributed by atoms with Crippen molar-refractivity contribution in [1.29, 1.82) is 0 Å². The van der Waals surface area contributed by atoms with Gasteiger partial charge in [-0.3, -0.25) is 4.79 Å². The van der Waals surface area contributed by atoms with E-state index in [1.54, 1.807) is 6.92 Å². The van der Waals surface area contributed by atoms with Gasteiger partial charge in [-0.25, -0.2) is 4.98 Å². The average molecular weight is 346 g/mol. The van der Waals surface area contributed by atoms with E-state index in [2.05, 4.69) is 20.5 Å². The van der Waals surface area contributed by atoms with Gasteiger partial charge in [-0.2, -0.15) is 13.2 Å². The van der Waals surface area contributed by atoms with E-state index in [9.17, 15) is 18.0 Å². The zero-order chi connectivity index (χ0) is 17.0. The summed E-state index contributed by atoms with van der Waals surface area (Å²) in [5.41, 5.74) is -0.925. The van der Waals surface area contributed by atoms with Crippen molar-refractivity contribution in [3.63, 3.8) is 0 Å². The molecule has 2 rings (SSSR count). The molecular weight excluding hydrogens is 333 g/mol.